The van der Waals surface area contributed by atoms with Crippen molar-refractivity contribution in [2.75, 3.05) is 7.05 Å². The molecule has 0 saturated heterocycles. The second-order valence-electron chi connectivity index (χ2n) is 9.21. The van der Waals surface area contributed by atoms with Crippen molar-refractivity contribution in [2.24, 2.45) is 0 Å². The third-order valence-corrected chi connectivity index (χ3v) is 6.75. The van der Waals surface area contributed by atoms with Gasteiger partial charge in [-0.2, -0.15) is 5.10 Å². The lowest BCUT2D eigenvalue weighted by Gasteiger charge is -2.28. The smallest absolute Gasteiger partial charge is 0.272 e. The molecular formula is C28H29N5O3. The number of hydrogen-bond acceptors (Lipinski definition) is 5. The van der Waals surface area contributed by atoms with Crippen LogP contribution in [0.3, 0.4) is 0 Å². The SMILES string of the molecule is CNC(=O)c1ccc(-c2cc(Cc3cc(C(=O)N[C@H]4CCCC[C@@H]4O)nn4cccc34)ccn2)cc1. The van der Waals surface area contributed by atoms with Gasteiger partial charge in [0, 0.05) is 30.6 Å². The lowest BCUT2D eigenvalue weighted by atomic mass is 9.92. The summed E-state index contributed by atoms with van der Waals surface area (Å²) in [6, 6.07) is 16.8. The molecule has 0 spiro atoms. The first kappa shape index (κ1) is 23.7. The monoisotopic (exact) mass is 483 g/mol. The lowest BCUT2D eigenvalue weighted by molar-refractivity contribution is 0.0712. The molecule has 0 aliphatic heterocycles. The number of nitrogens with zero attached hydrogens (tertiary/aromatic N) is 3. The van der Waals surface area contributed by atoms with E-state index in [4.69, 9.17) is 0 Å². The predicted octanol–water partition coefficient (Wildman–Crippen LogP) is 3.38. The zero-order valence-corrected chi connectivity index (χ0v) is 20.1. The molecule has 1 aromatic carbocycles. The predicted molar refractivity (Wildman–Crippen MR) is 137 cm³/mol. The van der Waals surface area contributed by atoms with Crippen LogP contribution in [0.25, 0.3) is 16.8 Å². The number of fused-ring (bicyclic) bond motifs is 1. The van der Waals surface area contributed by atoms with Crippen LogP contribution in [0.4, 0.5) is 0 Å². The number of rotatable bonds is 6. The molecule has 1 aliphatic carbocycles. The van der Waals surface area contributed by atoms with Crippen LogP contribution >= 0.6 is 0 Å². The summed E-state index contributed by atoms with van der Waals surface area (Å²) in [4.78, 5) is 29.4. The van der Waals surface area contributed by atoms with Crippen LogP contribution < -0.4 is 10.6 Å². The van der Waals surface area contributed by atoms with Crippen LogP contribution in [-0.4, -0.2) is 50.7 Å². The average Bonchev–Trinajstić information content (AvgIpc) is 3.39. The molecule has 184 valence electrons. The third-order valence-electron chi connectivity index (χ3n) is 6.75. The van der Waals surface area contributed by atoms with E-state index in [-0.39, 0.29) is 17.9 Å². The quantitative estimate of drug-likeness (QED) is 0.390. The van der Waals surface area contributed by atoms with Gasteiger partial charge in [-0.3, -0.25) is 14.6 Å². The number of aliphatic hydroxyl groups is 1. The average molecular weight is 484 g/mol. The van der Waals surface area contributed by atoms with Crippen LogP contribution in [-0.2, 0) is 6.42 Å². The first-order chi connectivity index (χ1) is 17.5. The Kier molecular flexibility index (Phi) is 6.77. The fourth-order valence-electron chi connectivity index (χ4n) is 4.77. The van der Waals surface area contributed by atoms with Crippen LogP contribution in [0.5, 0.6) is 0 Å². The van der Waals surface area contributed by atoms with Gasteiger partial charge < -0.3 is 15.7 Å². The Labute approximate surface area is 209 Å². The zero-order chi connectivity index (χ0) is 25.1. The Morgan fingerprint density at radius 1 is 1.06 bits per heavy atom. The molecule has 3 heterocycles. The molecule has 0 unspecified atom stereocenters. The highest BCUT2D eigenvalue weighted by atomic mass is 16.3. The van der Waals surface area contributed by atoms with Crippen molar-refractivity contribution in [2.45, 2.75) is 44.2 Å². The Hall–Kier alpha value is -4.04. The summed E-state index contributed by atoms with van der Waals surface area (Å²) in [6.45, 7) is 0. The van der Waals surface area contributed by atoms with Crippen LogP contribution in [0.1, 0.15) is 57.7 Å². The molecule has 1 fully saturated rings. The van der Waals surface area contributed by atoms with Crippen molar-refractivity contribution in [3.63, 3.8) is 0 Å². The first-order valence-electron chi connectivity index (χ1n) is 12.3. The van der Waals surface area contributed by atoms with Crippen molar-refractivity contribution in [1.29, 1.82) is 0 Å². The topological polar surface area (TPSA) is 109 Å². The minimum atomic E-state index is -0.516. The lowest BCUT2D eigenvalue weighted by Crippen LogP contribution is -2.45. The summed E-state index contributed by atoms with van der Waals surface area (Å²) >= 11 is 0. The Morgan fingerprint density at radius 3 is 2.64 bits per heavy atom. The number of carbonyl (C=O) groups excluding carboxylic acids is 2. The number of amides is 2. The van der Waals surface area contributed by atoms with E-state index in [0.717, 1.165) is 47.2 Å². The van der Waals surface area contributed by atoms with Gasteiger partial charge in [0.2, 0.25) is 0 Å². The van der Waals surface area contributed by atoms with Crippen molar-refractivity contribution < 1.29 is 14.7 Å². The van der Waals surface area contributed by atoms with E-state index in [1.165, 1.54) is 0 Å². The molecule has 8 nitrogen and oxygen atoms in total. The fourth-order valence-corrected chi connectivity index (χ4v) is 4.77. The summed E-state index contributed by atoms with van der Waals surface area (Å²) in [5.74, 6) is -0.403. The summed E-state index contributed by atoms with van der Waals surface area (Å²) in [6.07, 6.45) is 7.14. The van der Waals surface area contributed by atoms with Gasteiger partial charge in [0.15, 0.2) is 0 Å². The van der Waals surface area contributed by atoms with Gasteiger partial charge in [-0.1, -0.05) is 25.0 Å². The summed E-state index contributed by atoms with van der Waals surface area (Å²) < 4.78 is 1.72. The number of hydrogen-bond donors (Lipinski definition) is 3. The van der Waals surface area contributed by atoms with Crippen LogP contribution in [0, 0.1) is 0 Å². The Balaban J connectivity index is 1.40. The number of aromatic nitrogens is 3. The number of nitrogens with one attached hydrogen (secondary N) is 2. The van der Waals surface area contributed by atoms with Crippen molar-refractivity contribution >= 4 is 17.3 Å². The maximum Gasteiger partial charge on any atom is 0.272 e. The number of pyridine rings is 1. The van der Waals surface area contributed by atoms with Gasteiger partial charge in [0.05, 0.1) is 23.4 Å². The summed E-state index contributed by atoms with van der Waals surface area (Å²) in [5, 5.41) is 20.4. The fraction of sp³-hybridized carbons (Fsp3) is 0.286. The molecule has 4 aromatic rings. The van der Waals surface area contributed by atoms with Gasteiger partial charge >= 0.3 is 0 Å². The molecule has 3 aromatic heterocycles. The third kappa shape index (κ3) is 4.99. The molecule has 1 saturated carbocycles. The maximum atomic E-state index is 13.0. The van der Waals surface area contributed by atoms with Crippen molar-refractivity contribution in [3.8, 4) is 11.3 Å². The van der Waals surface area contributed by atoms with Gasteiger partial charge in [-0.05, 0) is 72.9 Å². The first-order valence-corrected chi connectivity index (χ1v) is 12.3. The molecule has 36 heavy (non-hydrogen) atoms. The number of benzene rings is 1. The second kappa shape index (κ2) is 10.3. The van der Waals surface area contributed by atoms with E-state index in [9.17, 15) is 14.7 Å². The van der Waals surface area contributed by atoms with Gasteiger partial charge in [-0.15, -0.1) is 0 Å². The number of aliphatic hydroxyl groups excluding tert-OH is 1. The van der Waals surface area contributed by atoms with Gasteiger partial charge in [0.1, 0.15) is 5.69 Å². The zero-order valence-electron chi connectivity index (χ0n) is 20.1. The molecule has 2 atom stereocenters. The minimum absolute atomic E-state index is 0.130. The highest BCUT2D eigenvalue weighted by Gasteiger charge is 2.25. The molecule has 2 amide bonds. The highest BCUT2D eigenvalue weighted by molar-refractivity contribution is 5.94. The highest BCUT2D eigenvalue weighted by Crippen LogP contribution is 2.23. The molecule has 1 aliphatic rings. The van der Waals surface area contributed by atoms with Crippen LogP contribution in [0.2, 0.25) is 0 Å². The molecule has 3 N–H and O–H groups in total. The molecule has 0 bridgehead atoms. The molecule has 8 heteroatoms. The van der Waals surface area contributed by atoms with E-state index in [0.29, 0.717) is 24.1 Å². The van der Waals surface area contributed by atoms with E-state index >= 15 is 0 Å². The number of carbonyl (C=O) groups is 2. The standard InChI is InChI=1S/C28H29N5O3/c1-29-27(35)20-10-8-19(9-11-20)23-16-18(12-13-30-23)15-21-17-24(32-33-14-4-6-25(21)33)28(36)31-22-5-2-3-7-26(22)34/h4,6,8-14,16-17,22,26,34H,2-3,5,7,15H2,1H3,(H,29,35)(H,31,36)/t22-,26-/m0/s1. The van der Waals surface area contributed by atoms with E-state index < -0.39 is 6.10 Å². The minimum Gasteiger partial charge on any atom is -0.391 e. The second-order valence-corrected chi connectivity index (χ2v) is 9.21. The largest absolute Gasteiger partial charge is 0.391 e. The van der Waals surface area contributed by atoms with E-state index in [1.807, 2.05) is 48.7 Å². The van der Waals surface area contributed by atoms with Crippen molar-refractivity contribution in [3.05, 3.63) is 89.4 Å². The van der Waals surface area contributed by atoms with Gasteiger partial charge in [-0.25, -0.2) is 4.52 Å². The van der Waals surface area contributed by atoms with Gasteiger partial charge in [0.25, 0.3) is 11.8 Å². The molecule has 5 rings (SSSR count). The summed E-state index contributed by atoms with van der Waals surface area (Å²) in [7, 11) is 1.61. The van der Waals surface area contributed by atoms with E-state index in [1.54, 1.807) is 29.9 Å². The van der Waals surface area contributed by atoms with E-state index in [2.05, 4.69) is 20.7 Å². The van der Waals surface area contributed by atoms with Crippen molar-refractivity contribution in [1.82, 2.24) is 25.2 Å². The normalized spacial score (nSPS) is 17.6. The molecular weight excluding hydrogens is 454 g/mol. The maximum absolute atomic E-state index is 13.0. The van der Waals surface area contributed by atoms with Crippen LogP contribution in [0.15, 0.2) is 67.0 Å². The molecule has 0 radical (unpaired) electrons. The summed E-state index contributed by atoms with van der Waals surface area (Å²) in [5.41, 5.74) is 5.58. The Bertz CT molecular complexity index is 1400. The Morgan fingerprint density at radius 2 is 1.86 bits per heavy atom.